The second-order valence-electron chi connectivity index (χ2n) is 6.85. The van der Waals surface area contributed by atoms with Crippen LogP contribution in [0.1, 0.15) is 18.7 Å². The van der Waals surface area contributed by atoms with Crippen molar-refractivity contribution in [2.75, 3.05) is 39.9 Å². The molecule has 1 unspecified atom stereocenters. The van der Waals surface area contributed by atoms with Crippen molar-refractivity contribution >= 4 is 5.91 Å². The van der Waals surface area contributed by atoms with E-state index >= 15 is 0 Å². The molecule has 2 saturated heterocycles. The predicted molar refractivity (Wildman–Crippen MR) is 97.1 cm³/mol. The minimum Gasteiger partial charge on any atom is -0.497 e. The summed E-state index contributed by atoms with van der Waals surface area (Å²) in [6.45, 7) is 4.26. The number of hydrogen-bond acceptors (Lipinski definition) is 7. The number of carbonyl (C=O) groups is 1. The van der Waals surface area contributed by atoms with Crippen LogP contribution in [0.3, 0.4) is 0 Å². The van der Waals surface area contributed by atoms with Gasteiger partial charge in [-0.3, -0.25) is 9.69 Å². The number of aromatic nitrogens is 2. The molecule has 27 heavy (non-hydrogen) atoms. The lowest BCUT2D eigenvalue weighted by atomic mass is 10.2. The van der Waals surface area contributed by atoms with Gasteiger partial charge in [0.15, 0.2) is 0 Å². The van der Waals surface area contributed by atoms with Crippen LogP contribution in [0.25, 0.3) is 11.4 Å². The van der Waals surface area contributed by atoms with Crippen molar-refractivity contribution in [2.45, 2.75) is 25.5 Å². The summed E-state index contributed by atoms with van der Waals surface area (Å²) in [5, 5.41) is 4.07. The molecule has 1 aromatic carbocycles. The molecule has 144 valence electrons. The standard InChI is InChI=1S/C19H24N4O4/c1-25-15-5-2-4-14(12-15)18-20-17(27-21-18)13-22-7-9-23(10-8-22)19(24)16-6-3-11-26-16/h2,4-5,12,16H,3,6-11,13H2,1H3. The monoisotopic (exact) mass is 372 g/mol. The Balaban J connectivity index is 1.32. The van der Waals surface area contributed by atoms with Crippen LogP contribution in [0.15, 0.2) is 28.8 Å². The molecule has 0 saturated carbocycles. The maximum Gasteiger partial charge on any atom is 0.251 e. The van der Waals surface area contributed by atoms with Crippen molar-refractivity contribution < 1.29 is 18.8 Å². The fourth-order valence-corrected chi connectivity index (χ4v) is 3.49. The lowest BCUT2D eigenvalue weighted by Crippen LogP contribution is -2.51. The summed E-state index contributed by atoms with van der Waals surface area (Å²) in [5.41, 5.74) is 0.858. The number of nitrogens with zero attached hydrogens (tertiary/aromatic N) is 4. The van der Waals surface area contributed by atoms with Crippen LogP contribution in [0.2, 0.25) is 0 Å². The van der Waals surface area contributed by atoms with Crippen molar-refractivity contribution in [3.8, 4) is 17.1 Å². The van der Waals surface area contributed by atoms with E-state index in [9.17, 15) is 4.79 Å². The van der Waals surface area contributed by atoms with E-state index in [4.69, 9.17) is 14.0 Å². The van der Waals surface area contributed by atoms with Crippen molar-refractivity contribution in [3.63, 3.8) is 0 Å². The molecular formula is C19H24N4O4. The lowest BCUT2D eigenvalue weighted by Gasteiger charge is -2.35. The molecule has 1 atom stereocenters. The molecule has 2 fully saturated rings. The third-order valence-corrected chi connectivity index (χ3v) is 5.04. The van der Waals surface area contributed by atoms with Gasteiger partial charge in [0.25, 0.3) is 5.91 Å². The van der Waals surface area contributed by atoms with Crippen LogP contribution < -0.4 is 4.74 Å². The topological polar surface area (TPSA) is 80.9 Å². The van der Waals surface area contributed by atoms with E-state index in [0.29, 0.717) is 38.0 Å². The first-order valence-corrected chi connectivity index (χ1v) is 9.32. The molecule has 4 rings (SSSR count). The zero-order valence-electron chi connectivity index (χ0n) is 15.5. The average molecular weight is 372 g/mol. The Morgan fingerprint density at radius 3 is 2.89 bits per heavy atom. The van der Waals surface area contributed by atoms with E-state index in [0.717, 1.165) is 37.2 Å². The van der Waals surface area contributed by atoms with E-state index in [1.807, 2.05) is 29.2 Å². The number of amides is 1. The predicted octanol–water partition coefficient (Wildman–Crippen LogP) is 1.57. The summed E-state index contributed by atoms with van der Waals surface area (Å²) in [7, 11) is 1.63. The molecule has 1 amide bonds. The number of methoxy groups -OCH3 is 1. The third-order valence-electron chi connectivity index (χ3n) is 5.04. The molecule has 8 nitrogen and oxygen atoms in total. The number of rotatable bonds is 5. The molecule has 8 heteroatoms. The van der Waals surface area contributed by atoms with Gasteiger partial charge in [-0.2, -0.15) is 4.98 Å². The first kappa shape index (κ1) is 17.9. The normalized spacial score (nSPS) is 20.8. The van der Waals surface area contributed by atoms with Crippen LogP contribution in [0, 0.1) is 0 Å². The van der Waals surface area contributed by atoms with E-state index in [1.165, 1.54) is 0 Å². The molecule has 0 spiro atoms. The highest BCUT2D eigenvalue weighted by Crippen LogP contribution is 2.22. The zero-order valence-corrected chi connectivity index (χ0v) is 15.5. The number of piperazine rings is 1. The highest BCUT2D eigenvalue weighted by Gasteiger charge is 2.30. The Labute approximate surface area is 158 Å². The second-order valence-corrected chi connectivity index (χ2v) is 6.85. The van der Waals surface area contributed by atoms with Gasteiger partial charge in [0, 0.05) is 38.3 Å². The smallest absolute Gasteiger partial charge is 0.251 e. The van der Waals surface area contributed by atoms with Crippen LogP contribution in [-0.2, 0) is 16.1 Å². The number of ether oxygens (including phenoxy) is 2. The average Bonchev–Trinajstić information content (AvgIpc) is 3.40. The Hall–Kier alpha value is -2.45. The number of benzene rings is 1. The van der Waals surface area contributed by atoms with Crippen LogP contribution >= 0.6 is 0 Å². The third kappa shape index (κ3) is 4.12. The fraction of sp³-hybridized carbons (Fsp3) is 0.526. The zero-order chi connectivity index (χ0) is 18.6. The number of hydrogen-bond donors (Lipinski definition) is 0. The van der Waals surface area contributed by atoms with E-state index in [1.54, 1.807) is 7.11 Å². The van der Waals surface area contributed by atoms with Gasteiger partial charge in [-0.1, -0.05) is 17.3 Å². The summed E-state index contributed by atoms with van der Waals surface area (Å²) in [5.74, 6) is 2.01. The molecule has 0 bridgehead atoms. The van der Waals surface area contributed by atoms with Crippen LogP contribution in [-0.4, -0.2) is 71.8 Å². The van der Waals surface area contributed by atoms with Crippen molar-refractivity contribution in [2.24, 2.45) is 0 Å². The molecule has 2 aromatic rings. The lowest BCUT2D eigenvalue weighted by molar-refractivity contribution is -0.142. The van der Waals surface area contributed by atoms with Crippen molar-refractivity contribution in [1.82, 2.24) is 19.9 Å². The second kappa shape index (κ2) is 8.06. The summed E-state index contributed by atoms with van der Waals surface area (Å²) < 4.78 is 16.1. The number of carbonyl (C=O) groups excluding carboxylic acids is 1. The molecular weight excluding hydrogens is 348 g/mol. The summed E-state index contributed by atoms with van der Waals surface area (Å²) in [6, 6.07) is 7.58. The van der Waals surface area contributed by atoms with Gasteiger partial charge in [0.05, 0.1) is 13.7 Å². The van der Waals surface area contributed by atoms with Crippen LogP contribution in [0.5, 0.6) is 5.75 Å². The van der Waals surface area contributed by atoms with E-state index in [-0.39, 0.29) is 12.0 Å². The molecule has 0 N–H and O–H groups in total. The molecule has 3 heterocycles. The summed E-state index contributed by atoms with van der Waals surface area (Å²) in [6.07, 6.45) is 1.58. The maximum atomic E-state index is 12.4. The molecule has 0 radical (unpaired) electrons. The highest BCUT2D eigenvalue weighted by atomic mass is 16.5. The van der Waals surface area contributed by atoms with Gasteiger partial charge in [-0.15, -0.1) is 0 Å². The molecule has 2 aliphatic rings. The minimum atomic E-state index is -0.238. The SMILES string of the molecule is COc1cccc(-c2noc(CN3CCN(C(=O)C4CCCO4)CC3)n2)c1. The van der Waals surface area contributed by atoms with Gasteiger partial charge in [-0.05, 0) is 25.0 Å². The van der Waals surface area contributed by atoms with Gasteiger partial charge >= 0.3 is 0 Å². The van der Waals surface area contributed by atoms with Crippen molar-refractivity contribution in [3.05, 3.63) is 30.2 Å². The largest absolute Gasteiger partial charge is 0.497 e. The van der Waals surface area contributed by atoms with Crippen molar-refractivity contribution in [1.29, 1.82) is 0 Å². The molecule has 1 aromatic heterocycles. The Morgan fingerprint density at radius 1 is 1.30 bits per heavy atom. The molecule has 2 aliphatic heterocycles. The van der Waals surface area contributed by atoms with Crippen LogP contribution in [0.4, 0.5) is 0 Å². The van der Waals surface area contributed by atoms with E-state index in [2.05, 4.69) is 15.0 Å². The summed E-state index contributed by atoms with van der Waals surface area (Å²) >= 11 is 0. The van der Waals surface area contributed by atoms with Gasteiger partial charge < -0.3 is 18.9 Å². The van der Waals surface area contributed by atoms with Gasteiger partial charge in [0.1, 0.15) is 11.9 Å². The highest BCUT2D eigenvalue weighted by molar-refractivity contribution is 5.81. The first-order valence-electron chi connectivity index (χ1n) is 9.32. The van der Waals surface area contributed by atoms with Gasteiger partial charge in [-0.25, -0.2) is 0 Å². The Bertz CT molecular complexity index is 780. The maximum absolute atomic E-state index is 12.4. The fourth-order valence-electron chi connectivity index (χ4n) is 3.49. The first-order chi connectivity index (χ1) is 13.2. The van der Waals surface area contributed by atoms with E-state index < -0.39 is 0 Å². The molecule has 0 aliphatic carbocycles. The quantitative estimate of drug-likeness (QED) is 0.788. The Morgan fingerprint density at radius 2 is 2.15 bits per heavy atom. The Kier molecular flexibility index (Phi) is 5.35. The minimum absolute atomic E-state index is 0.130. The van der Waals surface area contributed by atoms with Gasteiger partial charge in [0.2, 0.25) is 11.7 Å². The summed E-state index contributed by atoms with van der Waals surface area (Å²) in [4.78, 5) is 21.0.